The highest BCUT2D eigenvalue weighted by Crippen LogP contribution is 2.50. The minimum Gasteiger partial charge on any atom is -0.480 e. The molecule has 1 aliphatic heterocycles. The molecule has 3 rings (SSSR count). The number of nitrogens with zero attached hydrogens (tertiary/aromatic N) is 2. The van der Waals surface area contributed by atoms with Gasteiger partial charge in [0.2, 0.25) is 5.91 Å². The minimum absolute atomic E-state index is 0.0857. The van der Waals surface area contributed by atoms with E-state index in [1.54, 1.807) is 0 Å². The van der Waals surface area contributed by atoms with E-state index in [4.69, 9.17) is 5.11 Å². The first-order valence-electron chi connectivity index (χ1n) is 9.28. The molecule has 0 unspecified atom stereocenters. The van der Waals surface area contributed by atoms with Crippen molar-refractivity contribution in [3.63, 3.8) is 0 Å². The van der Waals surface area contributed by atoms with Crippen molar-refractivity contribution in [2.24, 2.45) is 0 Å². The molecule has 0 aromatic heterocycles. The Labute approximate surface area is 149 Å². The van der Waals surface area contributed by atoms with Crippen LogP contribution in [-0.2, 0) is 15.0 Å². The highest BCUT2D eigenvalue weighted by Gasteiger charge is 2.53. The number of likely N-dealkylation sites (tertiary alicyclic amines) is 1. The maximum Gasteiger partial charge on any atom is 0.317 e. The Morgan fingerprint density at radius 3 is 2.48 bits per heavy atom. The molecule has 2 fully saturated rings. The number of carbonyl (C=O) groups excluding carboxylic acids is 1. The molecule has 25 heavy (non-hydrogen) atoms. The summed E-state index contributed by atoms with van der Waals surface area (Å²) >= 11 is 0. The van der Waals surface area contributed by atoms with Gasteiger partial charge in [0.05, 0.1) is 12.0 Å². The summed E-state index contributed by atoms with van der Waals surface area (Å²) in [4.78, 5) is 28.1. The fourth-order valence-corrected chi connectivity index (χ4v) is 4.10. The molecule has 1 aromatic carbocycles. The third-order valence-electron chi connectivity index (χ3n) is 5.74. The van der Waals surface area contributed by atoms with E-state index in [1.165, 1.54) is 5.56 Å². The van der Waals surface area contributed by atoms with Crippen LogP contribution in [0.2, 0.25) is 0 Å². The van der Waals surface area contributed by atoms with Crippen molar-refractivity contribution in [3.8, 4) is 0 Å². The zero-order valence-corrected chi connectivity index (χ0v) is 15.2. The fraction of sp³-hybridized carbons (Fsp3) is 0.600. The molecule has 1 aliphatic carbocycles. The molecule has 5 heteroatoms. The number of carbonyl (C=O) groups is 2. The number of benzene rings is 1. The lowest BCUT2D eigenvalue weighted by molar-refractivity contribution is -0.140. The van der Waals surface area contributed by atoms with Gasteiger partial charge >= 0.3 is 5.97 Å². The summed E-state index contributed by atoms with van der Waals surface area (Å²) in [5.41, 5.74) is 2.05. The molecule has 1 amide bonds. The van der Waals surface area contributed by atoms with Crippen molar-refractivity contribution in [2.75, 3.05) is 26.2 Å². The fourth-order valence-electron chi connectivity index (χ4n) is 4.10. The molecule has 0 atom stereocenters. The number of amides is 1. The number of piperidine rings is 1. The molecule has 5 nitrogen and oxygen atoms in total. The molecule has 0 radical (unpaired) electrons. The van der Waals surface area contributed by atoms with Gasteiger partial charge in [0.15, 0.2) is 0 Å². The number of rotatable bonds is 6. The summed E-state index contributed by atoms with van der Waals surface area (Å²) in [6, 6.07) is 8.59. The Morgan fingerprint density at radius 2 is 1.96 bits per heavy atom. The largest absolute Gasteiger partial charge is 0.480 e. The molecule has 1 N–H and O–H groups in total. The van der Waals surface area contributed by atoms with Crippen molar-refractivity contribution >= 4 is 11.9 Å². The second-order valence-electron chi connectivity index (χ2n) is 7.43. The summed E-state index contributed by atoms with van der Waals surface area (Å²) in [6.07, 6.45) is 3.60. The van der Waals surface area contributed by atoms with E-state index < -0.39 is 5.97 Å². The smallest absolute Gasteiger partial charge is 0.317 e. The van der Waals surface area contributed by atoms with Gasteiger partial charge in [-0.15, -0.1) is 0 Å². The van der Waals surface area contributed by atoms with E-state index in [0.29, 0.717) is 0 Å². The maximum absolute atomic E-state index is 13.1. The molecular formula is C20H28N2O3. The number of aryl methyl sites for hydroxylation is 1. The molecule has 1 saturated carbocycles. The predicted molar refractivity (Wildman–Crippen MR) is 96.6 cm³/mol. The summed E-state index contributed by atoms with van der Waals surface area (Å²) in [5.74, 6) is -0.519. The topological polar surface area (TPSA) is 60.9 Å². The minimum atomic E-state index is -0.781. The normalized spacial score (nSPS) is 19.9. The van der Waals surface area contributed by atoms with Gasteiger partial charge in [-0.2, -0.15) is 0 Å². The van der Waals surface area contributed by atoms with E-state index in [2.05, 4.69) is 25.1 Å². The van der Waals surface area contributed by atoms with Gasteiger partial charge in [-0.25, -0.2) is 0 Å². The quantitative estimate of drug-likeness (QED) is 0.861. The van der Waals surface area contributed by atoms with E-state index in [0.717, 1.165) is 50.9 Å². The predicted octanol–water partition coefficient (Wildman–Crippen LogP) is 2.42. The first-order valence-corrected chi connectivity index (χ1v) is 9.28. The van der Waals surface area contributed by atoms with E-state index in [-0.39, 0.29) is 23.9 Å². The molecule has 0 spiro atoms. The summed E-state index contributed by atoms with van der Waals surface area (Å²) < 4.78 is 0. The van der Waals surface area contributed by atoms with Crippen molar-refractivity contribution in [2.45, 2.75) is 51.0 Å². The third kappa shape index (κ3) is 3.71. The van der Waals surface area contributed by atoms with Crippen molar-refractivity contribution in [1.29, 1.82) is 0 Å². The van der Waals surface area contributed by atoms with Gasteiger partial charge in [-0.3, -0.25) is 14.5 Å². The van der Waals surface area contributed by atoms with Gasteiger partial charge in [0, 0.05) is 19.1 Å². The Kier molecular flexibility index (Phi) is 5.13. The first-order chi connectivity index (χ1) is 12.0. The Bertz CT molecular complexity index is 646. The Morgan fingerprint density at radius 1 is 1.28 bits per heavy atom. The highest BCUT2D eigenvalue weighted by atomic mass is 16.4. The maximum atomic E-state index is 13.1. The van der Waals surface area contributed by atoms with E-state index >= 15 is 0 Å². The number of hydrogen-bond donors (Lipinski definition) is 1. The molecule has 1 heterocycles. The molecular weight excluding hydrogens is 316 g/mol. The van der Waals surface area contributed by atoms with Crippen LogP contribution in [0.4, 0.5) is 0 Å². The number of aliphatic carboxylic acids is 1. The van der Waals surface area contributed by atoms with Crippen LogP contribution in [0.5, 0.6) is 0 Å². The number of carboxylic acid groups (broad SMARTS) is 1. The number of carboxylic acids is 1. The van der Waals surface area contributed by atoms with Crippen LogP contribution in [-0.4, -0.2) is 59.0 Å². The van der Waals surface area contributed by atoms with Crippen LogP contribution in [0.3, 0.4) is 0 Å². The monoisotopic (exact) mass is 344 g/mol. The van der Waals surface area contributed by atoms with Crippen LogP contribution in [0.25, 0.3) is 0 Å². The third-order valence-corrected chi connectivity index (χ3v) is 5.74. The van der Waals surface area contributed by atoms with Crippen molar-refractivity contribution in [3.05, 3.63) is 35.4 Å². The number of likely N-dealkylation sites (N-methyl/N-ethyl adjacent to an activating group) is 1. The van der Waals surface area contributed by atoms with Crippen LogP contribution in [0, 0.1) is 6.92 Å². The van der Waals surface area contributed by atoms with Gasteiger partial charge in [-0.1, -0.05) is 36.8 Å². The first kappa shape index (κ1) is 17.9. The van der Waals surface area contributed by atoms with Crippen LogP contribution in [0.1, 0.15) is 43.7 Å². The van der Waals surface area contributed by atoms with Crippen LogP contribution in [0.15, 0.2) is 24.3 Å². The summed E-state index contributed by atoms with van der Waals surface area (Å²) in [5, 5.41) is 9.04. The zero-order valence-electron chi connectivity index (χ0n) is 15.2. The van der Waals surface area contributed by atoms with Crippen molar-refractivity contribution in [1.82, 2.24) is 9.80 Å². The summed E-state index contributed by atoms with van der Waals surface area (Å²) in [6.45, 7) is 6.34. The second-order valence-corrected chi connectivity index (χ2v) is 7.43. The highest BCUT2D eigenvalue weighted by molar-refractivity contribution is 5.91. The molecule has 1 saturated heterocycles. The van der Waals surface area contributed by atoms with Crippen LogP contribution < -0.4 is 0 Å². The SMILES string of the molecule is CCN(CC(=O)O)C1CCN(C(=O)C2(c3cccc(C)c3)CC2)CC1. The summed E-state index contributed by atoms with van der Waals surface area (Å²) in [7, 11) is 0. The zero-order chi connectivity index (χ0) is 18.0. The molecule has 2 aliphatic rings. The van der Waals surface area contributed by atoms with Gasteiger partial charge < -0.3 is 10.0 Å². The van der Waals surface area contributed by atoms with Gasteiger partial charge in [-0.05, 0) is 44.7 Å². The number of hydrogen-bond acceptors (Lipinski definition) is 3. The van der Waals surface area contributed by atoms with E-state index in [1.807, 2.05) is 22.8 Å². The van der Waals surface area contributed by atoms with Gasteiger partial charge in [0.25, 0.3) is 0 Å². The van der Waals surface area contributed by atoms with Gasteiger partial charge in [0.1, 0.15) is 0 Å². The standard InChI is InChI=1S/C20H28N2O3/c1-3-21(14-18(23)24)17-7-11-22(12-8-17)19(25)20(9-10-20)16-6-4-5-15(2)13-16/h4-6,13,17H,3,7-12,14H2,1-2H3,(H,23,24). The molecule has 1 aromatic rings. The average Bonchev–Trinajstić information content (AvgIpc) is 3.41. The lowest BCUT2D eigenvalue weighted by atomic mass is 9.91. The lowest BCUT2D eigenvalue weighted by Crippen LogP contribution is -2.50. The van der Waals surface area contributed by atoms with E-state index in [9.17, 15) is 9.59 Å². The lowest BCUT2D eigenvalue weighted by Gasteiger charge is -2.38. The van der Waals surface area contributed by atoms with Crippen molar-refractivity contribution < 1.29 is 14.7 Å². The average molecular weight is 344 g/mol. The Balaban J connectivity index is 1.63. The van der Waals surface area contributed by atoms with Crippen LogP contribution >= 0.6 is 0 Å². The Hall–Kier alpha value is -1.88. The molecule has 136 valence electrons. The molecule has 0 bridgehead atoms. The second kappa shape index (κ2) is 7.16.